The van der Waals surface area contributed by atoms with E-state index in [2.05, 4.69) is 5.92 Å². The van der Waals surface area contributed by atoms with Crippen LogP contribution >= 0.6 is 0 Å². The summed E-state index contributed by atoms with van der Waals surface area (Å²) in [5.41, 5.74) is 1.53. The van der Waals surface area contributed by atoms with E-state index in [1.807, 2.05) is 0 Å². The highest BCUT2D eigenvalue weighted by Crippen LogP contribution is 2.15. The van der Waals surface area contributed by atoms with Gasteiger partial charge in [0, 0.05) is 17.7 Å². The highest BCUT2D eigenvalue weighted by Gasteiger charge is 2.05. The second-order valence-corrected chi connectivity index (χ2v) is 2.40. The van der Waals surface area contributed by atoms with Gasteiger partial charge in [-0.15, -0.1) is 6.42 Å². The Bertz CT molecular complexity index is 363. The molecule has 0 atom stereocenters. The van der Waals surface area contributed by atoms with Gasteiger partial charge < -0.3 is 0 Å². The van der Waals surface area contributed by atoms with Crippen LogP contribution in [0.25, 0.3) is 0 Å². The number of benzene rings is 1. The van der Waals surface area contributed by atoms with Crippen molar-refractivity contribution in [2.45, 2.75) is 6.92 Å². The Morgan fingerprint density at radius 2 is 2.25 bits per heavy atom. The van der Waals surface area contributed by atoms with Crippen LogP contribution in [0.5, 0.6) is 0 Å². The Kier molecular flexibility index (Phi) is 2.11. The van der Waals surface area contributed by atoms with Gasteiger partial charge in [0.2, 0.25) is 0 Å². The Morgan fingerprint density at radius 3 is 2.67 bits per heavy atom. The van der Waals surface area contributed by atoms with Crippen LogP contribution in [0.2, 0.25) is 0 Å². The van der Waals surface area contributed by atoms with Gasteiger partial charge in [-0.1, -0.05) is 5.92 Å². The van der Waals surface area contributed by atoms with E-state index < -0.39 is 4.92 Å². The number of aryl methyl sites for hydroxylation is 1. The van der Waals surface area contributed by atoms with Crippen LogP contribution in [0.15, 0.2) is 18.2 Å². The summed E-state index contributed by atoms with van der Waals surface area (Å²) in [7, 11) is 0. The van der Waals surface area contributed by atoms with E-state index in [4.69, 9.17) is 6.42 Å². The fourth-order valence-corrected chi connectivity index (χ4v) is 0.923. The molecule has 60 valence electrons. The van der Waals surface area contributed by atoms with Crippen molar-refractivity contribution in [1.29, 1.82) is 0 Å². The van der Waals surface area contributed by atoms with Crippen molar-refractivity contribution in [2.75, 3.05) is 0 Å². The molecule has 0 spiro atoms. The Labute approximate surface area is 70.2 Å². The van der Waals surface area contributed by atoms with Gasteiger partial charge in [-0.3, -0.25) is 10.1 Å². The molecule has 12 heavy (non-hydrogen) atoms. The van der Waals surface area contributed by atoms with Crippen LogP contribution in [0.3, 0.4) is 0 Å². The number of hydrogen-bond acceptors (Lipinski definition) is 2. The van der Waals surface area contributed by atoms with Gasteiger partial charge in [0.1, 0.15) is 0 Å². The molecule has 1 rings (SSSR count). The quantitative estimate of drug-likeness (QED) is 0.358. The first kappa shape index (κ1) is 8.28. The fraction of sp³-hybridized carbons (Fsp3) is 0.111. The van der Waals surface area contributed by atoms with Gasteiger partial charge in [0.15, 0.2) is 0 Å². The molecule has 0 aliphatic rings. The predicted molar refractivity (Wildman–Crippen MR) is 45.8 cm³/mol. The number of nitro groups is 1. The summed E-state index contributed by atoms with van der Waals surface area (Å²) in [6.45, 7) is 1.75. The third kappa shape index (κ3) is 1.43. The molecule has 3 heteroatoms. The second kappa shape index (κ2) is 3.05. The summed E-state index contributed by atoms with van der Waals surface area (Å²) in [5.74, 6) is 2.44. The van der Waals surface area contributed by atoms with E-state index in [1.54, 1.807) is 13.0 Å². The number of non-ortho nitro benzene ring substituents is 1. The minimum Gasteiger partial charge on any atom is -0.258 e. The van der Waals surface area contributed by atoms with E-state index in [0.29, 0.717) is 5.56 Å². The van der Waals surface area contributed by atoms with Crippen LogP contribution in [0, 0.1) is 29.4 Å². The maximum absolute atomic E-state index is 10.3. The molecule has 3 nitrogen and oxygen atoms in total. The summed E-state index contributed by atoms with van der Waals surface area (Å²) in [6, 6.07) is 4.45. The van der Waals surface area contributed by atoms with Crippen molar-refractivity contribution >= 4 is 5.69 Å². The normalized spacial score (nSPS) is 9.00. The third-order valence-corrected chi connectivity index (χ3v) is 1.58. The molecule has 0 saturated carbocycles. The van der Waals surface area contributed by atoms with Crippen molar-refractivity contribution < 1.29 is 4.92 Å². The first-order valence-electron chi connectivity index (χ1n) is 3.37. The highest BCUT2D eigenvalue weighted by atomic mass is 16.6. The van der Waals surface area contributed by atoms with Crippen LogP contribution in [0.1, 0.15) is 11.1 Å². The molecule has 0 aromatic heterocycles. The summed E-state index contributed by atoms with van der Waals surface area (Å²) in [6.07, 6.45) is 5.16. The fourth-order valence-electron chi connectivity index (χ4n) is 0.923. The zero-order valence-corrected chi connectivity index (χ0v) is 6.57. The molecule has 0 aliphatic carbocycles. The minimum absolute atomic E-state index is 0.0755. The van der Waals surface area contributed by atoms with Crippen molar-refractivity contribution in [3.63, 3.8) is 0 Å². The lowest BCUT2D eigenvalue weighted by atomic mass is 10.1. The van der Waals surface area contributed by atoms with Gasteiger partial charge in [-0.2, -0.15) is 0 Å². The number of nitro benzene ring substituents is 1. The maximum atomic E-state index is 10.3. The van der Waals surface area contributed by atoms with E-state index in [9.17, 15) is 10.1 Å². The molecular weight excluding hydrogens is 154 g/mol. The summed E-state index contributed by atoms with van der Waals surface area (Å²) in [5, 5.41) is 10.3. The van der Waals surface area contributed by atoms with E-state index in [0.717, 1.165) is 5.56 Å². The highest BCUT2D eigenvalue weighted by molar-refractivity contribution is 5.46. The van der Waals surface area contributed by atoms with Gasteiger partial charge in [-0.05, 0) is 18.6 Å². The zero-order chi connectivity index (χ0) is 9.14. The van der Waals surface area contributed by atoms with Crippen LogP contribution in [-0.4, -0.2) is 4.92 Å². The second-order valence-electron chi connectivity index (χ2n) is 2.40. The standard InChI is InChI=1S/C9H7NO2/c1-3-8-4-5-9(10(11)12)6-7(8)2/h1,4-6H,2H3. The molecule has 1 aromatic carbocycles. The van der Waals surface area contributed by atoms with Gasteiger partial charge in [0.25, 0.3) is 5.69 Å². The molecule has 0 N–H and O–H groups in total. The molecule has 0 saturated heterocycles. The summed E-state index contributed by atoms with van der Waals surface area (Å²) in [4.78, 5) is 9.87. The monoisotopic (exact) mass is 161 g/mol. The lowest BCUT2D eigenvalue weighted by Gasteiger charge is -1.96. The van der Waals surface area contributed by atoms with Crippen molar-refractivity contribution in [1.82, 2.24) is 0 Å². The molecular formula is C9H7NO2. The summed E-state index contributed by atoms with van der Waals surface area (Å²) >= 11 is 0. The van der Waals surface area contributed by atoms with Crippen molar-refractivity contribution in [2.24, 2.45) is 0 Å². The van der Waals surface area contributed by atoms with Gasteiger partial charge >= 0.3 is 0 Å². The lowest BCUT2D eigenvalue weighted by Crippen LogP contribution is -1.89. The Balaban J connectivity index is 3.21. The average Bonchev–Trinajstić information content (AvgIpc) is 2.04. The Hall–Kier alpha value is -1.82. The van der Waals surface area contributed by atoms with Crippen molar-refractivity contribution in [3.05, 3.63) is 39.4 Å². The van der Waals surface area contributed by atoms with E-state index in [1.165, 1.54) is 12.1 Å². The minimum atomic E-state index is -0.437. The first-order valence-corrected chi connectivity index (χ1v) is 3.37. The van der Waals surface area contributed by atoms with Crippen LogP contribution in [-0.2, 0) is 0 Å². The van der Waals surface area contributed by atoms with Crippen molar-refractivity contribution in [3.8, 4) is 12.3 Å². The molecule has 0 radical (unpaired) electrons. The smallest absolute Gasteiger partial charge is 0.258 e. The van der Waals surface area contributed by atoms with Crippen LogP contribution in [0.4, 0.5) is 5.69 Å². The molecule has 1 aromatic rings. The molecule has 0 fully saturated rings. The summed E-state index contributed by atoms with van der Waals surface area (Å²) < 4.78 is 0. The first-order chi connectivity index (χ1) is 5.65. The zero-order valence-electron chi connectivity index (χ0n) is 6.57. The Morgan fingerprint density at radius 1 is 1.58 bits per heavy atom. The lowest BCUT2D eigenvalue weighted by molar-refractivity contribution is -0.384. The largest absolute Gasteiger partial charge is 0.269 e. The van der Waals surface area contributed by atoms with E-state index in [-0.39, 0.29) is 5.69 Å². The predicted octanol–water partition coefficient (Wildman–Crippen LogP) is 1.88. The van der Waals surface area contributed by atoms with Crippen LogP contribution < -0.4 is 0 Å². The third-order valence-electron chi connectivity index (χ3n) is 1.58. The molecule has 0 unspecified atom stereocenters. The SMILES string of the molecule is C#Cc1ccc([N+](=O)[O-])cc1C. The van der Waals surface area contributed by atoms with E-state index >= 15 is 0 Å². The number of hydrogen-bond donors (Lipinski definition) is 0. The molecule has 0 amide bonds. The molecule has 0 heterocycles. The number of terminal acetylenes is 1. The molecule has 0 aliphatic heterocycles. The topological polar surface area (TPSA) is 43.1 Å². The maximum Gasteiger partial charge on any atom is 0.269 e. The average molecular weight is 161 g/mol. The number of nitrogens with zero attached hydrogens (tertiary/aromatic N) is 1. The molecule has 0 bridgehead atoms. The van der Waals surface area contributed by atoms with Gasteiger partial charge in [-0.25, -0.2) is 0 Å². The van der Waals surface area contributed by atoms with Gasteiger partial charge in [0.05, 0.1) is 4.92 Å². The number of rotatable bonds is 1.